The van der Waals surface area contributed by atoms with Crippen molar-refractivity contribution in [3.05, 3.63) is 30.1 Å². The maximum Gasteiger partial charge on any atom is 0.322 e. The van der Waals surface area contributed by atoms with Crippen LogP contribution in [0, 0.1) is 5.82 Å². The summed E-state index contributed by atoms with van der Waals surface area (Å²) in [5.74, 6) is -1.38. The first-order valence-electron chi connectivity index (χ1n) is 5.74. The highest BCUT2D eigenvalue weighted by Crippen LogP contribution is 2.15. The number of carboxylic acids is 1. The van der Waals surface area contributed by atoms with E-state index in [1.54, 1.807) is 13.8 Å². The third-order valence-corrected chi connectivity index (χ3v) is 2.56. The smallest absolute Gasteiger partial charge is 0.322 e. The maximum absolute atomic E-state index is 12.8. The first-order chi connectivity index (χ1) is 8.71. The van der Waals surface area contributed by atoms with Crippen LogP contribution in [-0.4, -0.2) is 29.7 Å². The largest absolute Gasteiger partial charge is 0.481 e. The molecule has 19 heavy (non-hydrogen) atoms. The zero-order chi connectivity index (χ0) is 14.6. The van der Waals surface area contributed by atoms with E-state index < -0.39 is 17.5 Å². The summed E-state index contributed by atoms with van der Waals surface area (Å²) in [4.78, 5) is 23.9. The predicted octanol–water partition coefficient (Wildman–Crippen LogP) is 2.22. The predicted molar refractivity (Wildman–Crippen MR) is 69.7 cm³/mol. The van der Waals surface area contributed by atoms with Crippen molar-refractivity contribution in [3.8, 4) is 0 Å². The number of benzene rings is 1. The molecule has 0 aromatic heterocycles. The number of carboxylic acid groups (broad SMARTS) is 1. The number of carbonyl (C=O) groups is 2. The van der Waals surface area contributed by atoms with Crippen LogP contribution in [0.25, 0.3) is 0 Å². The van der Waals surface area contributed by atoms with Gasteiger partial charge in [-0.1, -0.05) is 0 Å². The number of halogens is 1. The number of rotatable bonds is 4. The molecule has 2 N–H and O–H groups in total. The molecule has 5 nitrogen and oxygen atoms in total. The van der Waals surface area contributed by atoms with Crippen molar-refractivity contribution in [3.63, 3.8) is 0 Å². The van der Waals surface area contributed by atoms with Crippen molar-refractivity contribution in [2.45, 2.75) is 25.8 Å². The Hall–Kier alpha value is -2.11. The number of nitrogens with zero attached hydrogens (tertiary/aromatic N) is 1. The van der Waals surface area contributed by atoms with E-state index in [4.69, 9.17) is 5.11 Å². The number of amides is 2. The van der Waals surface area contributed by atoms with Crippen molar-refractivity contribution < 1.29 is 19.1 Å². The summed E-state index contributed by atoms with van der Waals surface area (Å²) in [7, 11) is 1.53. The molecule has 0 aliphatic heterocycles. The fourth-order valence-corrected chi connectivity index (χ4v) is 1.58. The van der Waals surface area contributed by atoms with Crippen molar-refractivity contribution in [1.29, 1.82) is 0 Å². The molecule has 2 amide bonds. The van der Waals surface area contributed by atoms with E-state index in [0.29, 0.717) is 5.69 Å². The fourth-order valence-electron chi connectivity index (χ4n) is 1.58. The first kappa shape index (κ1) is 14.9. The lowest BCUT2D eigenvalue weighted by Gasteiger charge is -2.28. The van der Waals surface area contributed by atoms with Crippen LogP contribution in [-0.2, 0) is 4.79 Å². The lowest BCUT2D eigenvalue weighted by atomic mass is 10.0. The first-order valence-corrected chi connectivity index (χ1v) is 5.74. The number of urea groups is 1. The zero-order valence-electron chi connectivity index (χ0n) is 11.1. The van der Waals surface area contributed by atoms with E-state index in [9.17, 15) is 14.0 Å². The Kier molecular flexibility index (Phi) is 4.47. The summed E-state index contributed by atoms with van der Waals surface area (Å²) in [6, 6.07) is 5.00. The molecule has 104 valence electrons. The van der Waals surface area contributed by atoms with Gasteiger partial charge in [0.15, 0.2) is 0 Å². The minimum Gasteiger partial charge on any atom is -0.481 e. The highest BCUT2D eigenvalue weighted by Gasteiger charge is 2.25. The van der Waals surface area contributed by atoms with E-state index in [-0.39, 0.29) is 12.2 Å². The van der Waals surface area contributed by atoms with Crippen LogP contribution in [0.5, 0.6) is 0 Å². The molecule has 1 aromatic rings. The summed E-state index contributed by atoms with van der Waals surface area (Å²) >= 11 is 0. The third-order valence-electron chi connectivity index (χ3n) is 2.56. The number of aliphatic carboxylic acids is 1. The van der Waals surface area contributed by atoms with E-state index in [1.807, 2.05) is 0 Å². The molecule has 1 aromatic carbocycles. The quantitative estimate of drug-likeness (QED) is 0.879. The van der Waals surface area contributed by atoms with Crippen LogP contribution in [0.4, 0.5) is 14.9 Å². The number of hydrogen-bond acceptors (Lipinski definition) is 2. The minimum absolute atomic E-state index is 0.185. The Balaban J connectivity index is 2.72. The van der Waals surface area contributed by atoms with Crippen molar-refractivity contribution in [2.75, 3.05) is 11.9 Å². The Morgan fingerprint density at radius 3 is 2.32 bits per heavy atom. The molecule has 1 rings (SSSR count). The van der Waals surface area contributed by atoms with Gasteiger partial charge in [0, 0.05) is 18.3 Å². The van der Waals surface area contributed by atoms with Crippen LogP contribution in [0.2, 0.25) is 0 Å². The summed E-state index contributed by atoms with van der Waals surface area (Å²) in [6.07, 6.45) is -0.185. The van der Waals surface area contributed by atoms with E-state index in [0.717, 1.165) is 0 Å². The Labute approximate surface area is 111 Å². The zero-order valence-corrected chi connectivity index (χ0v) is 11.1. The second-order valence-corrected chi connectivity index (χ2v) is 4.92. The molecule has 0 atom stereocenters. The highest BCUT2D eigenvalue weighted by molar-refractivity contribution is 5.92. The Morgan fingerprint density at radius 2 is 1.84 bits per heavy atom. The van der Waals surface area contributed by atoms with E-state index in [1.165, 1.54) is 36.2 Å². The molecule has 0 unspecified atom stereocenters. The van der Waals surface area contributed by atoms with Gasteiger partial charge in [-0.3, -0.25) is 9.69 Å². The van der Waals surface area contributed by atoms with E-state index >= 15 is 0 Å². The minimum atomic E-state index is -0.991. The normalized spacial score (nSPS) is 10.9. The maximum atomic E-state index is 12.8. The molecule has 0 aliphatic carbocycles. The van der Waals surface area contributed by atoms with Crippen molar-refractivity contribution >= 4 is 17.7 Å². The lowest BCUT2D eigenvalue weighted by molar-refractivity contribution is -0.138. The molecule has 0 radical (unpaired) electrons. The van der Waals surface area contributed by atoms with Crippen LogP contribution in [0.3, 0.4) is 0 Å². The van der Waals surface area contributed by atoms with Gasteiger partial charge < -0.3 is 10.4 Å². The van der Waals surface area contributed by atoms with Gasteiger partial charge in [0.05, 0.1) is 6.42 Å². The molecule has 0 bridgehead atoms. The summed E-state index contributed by atoms with van der Waals surface area (Å²) < 4.78 is 12.8. The van der Waals surface area contributed by atoms with Crippen LogP contribution in [0.15, 0.2) is 24.3 Å². The fraction of sp³-hybridized carbons (Fsp3) is 0.385. The topological polar surface area (TPSA) is 69.6 Å². The number of nitrogens with one attached hydrogen (secondary N) is 1. The molecule has 6 heteroatoms. The molecule has 0 saturated carbocycles. The van der Waals surface area contributed by atoms with E-state index in [2.05, 4.69) is 5.32 Å². The molecular formula is C13H17FN2O3. The second-order valence-electron chi connectivity index (χ2n) is 4.92. The van der Waals surface area contributed by atoms with Gasteiger partial charge in [0.2, 0.25) is 0 Å². The van der Waals surface area contributed by atoms with Gasteiger partial charge in [0.1, 0.15) is 5.82 Å². The third kappa shape index (κ3) is 4.57. The van der Waals surface area contributed by atoms with Gasteiger partial charge in [0.25, 0.3) is 0 Å². The Bertz CT molecular complexity index is 471. The SMILES string of the molecule is CN(C(=O)NC(C)(C)CC(=O)O)c1ccc(F)cc1. The molecule has 0 fully saturated rings. The van der Waals surface area contributed by atoms with Crippen LogP contribution < -0.4 is 10.2 Å². The second kappa shape index (κ2) is 5.69. The molecule has 0 spiro atoms. The number of hydrogen-bond donors (Lipinski definition) is 2. The summed E-state index contributed by atoms with van der Waals surface area (Å²) in [5.41, 5.74) is -0.345. The standard InChI is InChI=1S/C13H17FN2O3/c1-13(2,8-11(17)18)15-12(19)16(3)10-6-4-9(14)5-7-10/h4-7H,8H2,1-3H3,(H,15,19)(H,17,18). The van der Waals surface area contributed by atoms with Crippen molar-refractivity contribution in [1.82, 2.24) is 5.32 Å². The number of anilines is 1. The van der Waals surface area contributed by atoms with Gasteiger partial charge in [-0.2, -0.15) is 0 Å². The van der Waals surface area contributed by atoms with Gasteiger partial charge in [-0.25, -0.2) is 9.18 Å². The average Bonchev–Trinajstić information content (AvgIpc) is 2.26. The highest BCUT2D eigenvalue weighted by atomic mass is 19.1. The van der Waals surface area contributed by atoms with Gasteiger partial charge in [-0.15, -0.1) is 0 Å². The molecule has 0 aliphatic rings. The summed E-state index contributed by atoms with van der Waals surface area (Å²) in [6.45, 7) is 3.25. The average molecular weight is 268 g/mol. The molecule has 0 saturated heterocycles. The van der Waals surface area contributed by atoms with Crippen molar-refractivity contribution in [2.24, 2.45) is 0 Å². The summed E-state index contributed by atoms with van der Waals surface area (Å²) in [5, 5.41) is 11.4. The van der Waals surface area contributed by atoms with Crippen LogP contribution >= 0.6 is 0 Å². The lowest BCUT2D eigenvalue weighted by Crippen LogP contribution is -2.50. The Morgan fingerprint density at radius 1 is 1.32 bits per heavy atom. The van der Waals surface area contributed by atoms with Gasteiger partial charge in [-0.05, 0) is 38.1 Å². The van der Waals surface area contributed by atoms with Crippen LogP contribution in [0.1, 0.15) is 20.3 Å². The molecular weight excluding hydrogens is 251 g/mol. The monoisotopic (exact) mass is 268 g/mol. The number of carbonyl (C=O) groups excluding carboxylic acids is 1. The van der Waals surface area contributed by atoms with Gasteiger partial charge >= 0.3 is 12.0 Å². The molecule has 0 heterocycles.